The number of hydrogen-bond donors (Lipinski definition) is 1. The second kappa shape index (κ2) is 8.98. The minimum absolute atomic E-state index is 0.0280. The molecule has 0 bridgehead atoms. The average Bonchev–Trinajstić information content (AvgIpc) is 2.67. The summed E-state index contributed by atoms with van der Waals surface area (Å²) in [5.41, 5.74) is 2.13. The Balaban J connectivity index is 1.75. The van der Waals surface area contributed by atoms with Crippen LogP contribution in [0.5, 0.6) is 11.5 Å². The van der Waals surface area contributed by atoms with E-state index in [1.807, 2.05) is 30.3 Å². The Morgan fingerprint density at radius 2 is 1.70 bits per heavy atom. The van der Waals surface area contributed by atoms with Gasteiger partial charge in [-0.1, -0.05) is 47.5 Å². The molecule has 0 unspecified atom stereocenters. The Hall–Kier alpha value is -2.43. The van der Waals surface area contributed by atoms with E-state index in [1.54, 1.807) is 31.4 Å². The van der Waals surface area contributed by atoms with E-state index in [0.29, 0.717) is 28.1 Å². The van der Waals surface area contributed by atoms with Crippen molar-refractivity contribution in [2.24, 2.45) is 0 Å². The molecule has 0 amide bonds. The zero-order chi connectivity index (χ0) is 19.2. The molecule has 0 aromatic heterocycles. The molecule has 0 saturated carbocycles. The van der Waals surface area contributed by atoms with Crippen LogP contribution in [0.2, 0.25) is 10.0 Å². The molecule has 0 saturated heterocycles. The van der Waals surface area contributed by atoms with Gasteiger partial charge in [-0.3, -0.25) is 0 Å². The number of nitrogens with one attached hydrogen (secondary N) is 1. The van der Waals surface area contributed by atoms with Gasteiger partial charge in [-0.15, -0.1) is 0 Å². The van der Waals surface area contributed by atoms with E-state index in [1.165, 1.54) is 6.07 Å². The van der Waals surface area contributed by atoms with E-state index in [4.69, 9.17) is 32.7 Å². The molecular formula is C21H18Cl2FNO2. The summed E-state index contributed by atoms with van der Waals surface area (Å²) in [4.78, 5) is 0. The van der Waals surface area contributed by atoms with Crippen molar-refractivity contribution in [3.8, 4) is 11.5 Å². The number of ether oxygens (including phenoxy) is 2. The first kappa shape index (κ1) is 19.3. The fourth-order valence-corrected chi connectivity index (χ4v) is 3.00. The number of benzene rings is 3. The van der Waals surface area contributed by atoms with Crippen LogP contribution < -0.4 is 14.8 Å². The first-order valence-electron chi connectivity index (χ1n) is 8.29. The molecule has 3 aromatic rings. The lowest BCUT2D eigenvalue weighted by atomic mass is 10.2. The molecule has 3 aromatic carbocycles. The summed E-state index contributed by atoms with van der Waals surface area (Å²) in [6, 6.07) is 17.8. The number of anilines is 1. The van der Waals surface area contributed by atoms with Crippen LogP contribution in [0.1, 0.15) is 11.1 Å². The predicted molar refractivity (Wildman–Crippen MR) is 108 cm³/mol. The minimum atomic E-state index is -0.420. The smallest absolute Gasteiger partial charge is 0.163 e. The summed E-state index contributed by atoms with van der Waals surface area (Å²) >= 11 is 12.4. The maximum Gasteiger partial charge on any atom is 0.163 e. The fourth-order valence-electron chi connectivity index (χ4n) is 2.56. The van der Waals surface area contributed by atoms with E-state index >= 15 is 0 Å². The van der Waals surface area contributed by atoms with Gasteiger partial charge in [0.05, 0.1) is 12.1 Å². The van der Waals surface area contributed by atoms with Crippen LogP contribution in [0.4, 0.5) is 10.1 Å². The van der Waals surface area contributed by atoms with Gasteiger partial charge in [-0.05, 0) is 35.9 Å². The molecule has 6 heteroatoms. The number of hydrogen-bond acceptors (Lipinski definition) is 3. The van der Waals surface area contributed by atoms with Gasteiger partial charge in [0.2, 0.25) is 0 Å². The van der Waals surface area contributed by atoms with Crippen molar-refractivity contribution in [3.05, 3.63) is 87.7 Å². The Labute approximate surface area is 167 Å². The summed E-state index contributed by atoms with van der Waals surface area (Å²) in [7, 11) is 1.54. The number of halogens is 3. The molecule has 3 rings (SSSR count). The van der Waals surface area contributed by atoms with Crippen LogP contribution in [-0.2, 0) is 13.2 Å². The Morgan fingerprint density at radius 3 is 2.41 bits per heavy atom. The second-order valence-corrected chi connectivity index (χ2v) is 6.62. The van der Waals surface area contributed by atoms with Crippen molar-refractivity contribution in [3.63, 3.8) is 0 Å². The van der Waals surface area contributed by atoms with Crippen molar-refractivity contribution in [1.29, 1.82) is 0 Å². The molecule has 0 aliphatic rings. The van der Waals surface area contributed by atoms with Gasteiger partial charge in [0.15, 0.2) is 11.5 Å². The van der Waals surface area contributed by atoms with Gasteiger partial charge in [-0.25, -0.2) is 4.39 Å². The molecule has 3 nitrogen and oxygen atoms in total. The van der Waals surface area contributed by atoms with Gasteiger partial charge in [-0.2, -0.15) is 0 Å². The van der Waals surface area contributed by atoms with Crippen LogP contribution in [0, 0.1) is 5.82 Å². The lowest BCUT2D eigenvalue weighted by Crippen LogP contribution is -2.04. The lowest BCUT2D eigenvalue weighted by molar-refractivity contribution is 0.279. The third kappa shape index (κ3) is 4.85. The number of methoxy groups -OCH3 is 1. The maximum absolute atomic E-state index is 13.9. The Morgan fingerprint density at radius 1 is 0.926 bits per heavy atom. The molecule has 140 valence electrons. The van der Waals surface area contributed by atoms with Crippen molar-refractivity contribution < 1.29 is 13.9 Å². The monoisotopic (exact) mass is 405 g/mol. The van der Waals surface area contributed by atoms with Crippen LogP contribution in [0.3, 0.4) is 0 Å². The standard InChI is InChI=1S/C21H18Cl2FNO2/c1-26-20-10-14(12-25-15-6-3-2-4-7-15)18(23)11-21(20)27-13-16-17(22)8-5-9-19(16)24/h2-11,25H,12-13H2,1H3. The van der Waals surface area contributed by atoms with E-state index in [0.717, 1.165) is 11.3 Å². The average molecular weight is 406 g/mol. The third-order valence-corrected chi connectivity index (χ3v) is 4.73. The van der Waals surface area contributed by atoms with Crippen molar-refractivity contribution in [2.45, 2.75) is 13.2 Å². The van der Waals surface area contributed by atoms with Crippen molar-refractivity contribution in [1.82, 2.24) is 0 Å². The van der Waals surface area contributed by atoms with E-state index < -0.39 is 5.82 Å². The largest absolute Gasteiger partial charge is 0.493 e. The first-order chi connectivity index (χ1) is 13.1. The van der Waals surface area contributed by atoms with Crippen molar-refractivity contribution >= 4 is 28.9 Å². The van der Waals surface area contributed by atoms with E-state index in [9.17, 15) is 4.39 Å². The predicted octanol–water partition coefficient (Wildman–Crippen LogP) is 6.33. The molecule has 0 aliphatic heterocycles. The van der Waals surface area contributed by atoms with Gasteiger partial charge in [0, 0.05) is 28.9 Å². The van der Waals surface area contributed by atoms with Crippen LogP contribution in [-0.4, -0.2) is 7.11 Å². The second-order valence-electron chi connectivity index (χ2n) is 5.80. The quantitative estimate of drug-likeness (QED) is 0.497. The highest BCUT2D eigenvalue weighted by Crippen LogP contribution is 2.35. The van der Waals surface area contributed by atoms with Gasteiger partial charge in [0.1, 0.15) is 12.4 Å². The molecule has 1 N–H and O–H groups in total. The Bertz CT molecular complexity index is 899. The normalized spacial score (nSPS) is 10.5. The lowest BCUT2D eigenvalue weighted by Gasteiger charge is -2.15. The zero-order valence-electron chi connectivity index (χ0n) is 14.6. The summed E-state index contributed by atoms with van der Waals surface area (Å²) in [5, 5.41) is 4.13. The van der Waals surface area contributed by atoms with Gasteiger partial charge >= 0.3 is 0 Å². The van der Waals surface area contributed by atoms with Crippen LogP contribution in [0.25, 0.3) is 0 Å². The molecule has 0 aliphatic carbocycles. The summed E-state index contributed by atoms with van der Waals surface area (Å²) < 4.78 is 25.0. The maximum atomic E-state index is 13.9. The molecule has 0 fully saturated rings. The molecule has 27 heavy (non-hydrogen) atoms. The van der Waals surface area contributed by atoms with Crippen LogP contribution in [0.15, 0.2) is 60.7 Å². The highest BCUT2D eigenvalue weighted by Gasteiger charge is 2.13. The fraction of sp³-hybridized carbons (Fsp3) is 0.143. The Kier molecular flexibility index (Phi) is 6.43. The molecule has 0 heterocycles. The highest BCUT2D eigenvalue weighted by molar-refractivity contribution is 6.31. The van der Waals surface area contributed by atoms with Gasteiger partial charge in [0.25, 0.3) is 0 Å². The summed E-state index contributed by atoms with van der Waals surface area (Å²) in [6.45, 7) is 0.498. The van der Waals surface area contributed by atoms with E-state index in [2.05, 4.69) is 5.32 Å². The van der Waals surface area contributed by atoms with Crippen LogP contribution >= 0.6 is 23.2 Å². The van der Waals surface area contributed by atoms with Crippen molar-refractivity contribution in [2.75, 3.05) is 12.4 Å². The molecule has 0 atom stereocenters. The third-order valence-electron chi connectivity index (χ3n) is 4.02. The SMILES string of the molecule is COc1cc(CNc2ccccc2)c(Cl)cc1OCc1c(F)cccc1Cl. The number of para-hydroxylation sites is 1. The number of rotatable bonds is 7. The first-order valence-corrected chi connectivity index (χ1v) is 9.05. The highest BCUT2D eigenvalue weighted by atomic mass is 35.5. The van der Waals surface area contributed by atoms with Gasteiger partial charge < -0.3 is 14.8 Å². The molecular weight excluding hydrogens is 388 g/mol. The summed E-state index contributed by atoms with van der Waals surface area (Å²) in [5.74, 6) is 0.512. The summed E-state index contributed by atoms with van der Waals surface area (Å²) in [6.07, 6.45) is 0. The molecule has 0 radical (unpaired) electrons. The van der Waals surface area contributed by atoms with E-state index in [-0.39, 0.29) is 12.2 Å². The topological polar surface area (TPSA) is 30.5 Å². The zero-order valence-corrected chi connectivity index (χ0v) is 16.1. The molecule has 0 spiro atoms. The minimum Gasteiger partial charge on any atom is -0.493 e.